The van der Waals surface area contributed by atoms with Crippen LogP contribution in [0.3, 0.4) is 0 Å². The first kappa shape index (κ1) is 15.8. The summed E-state index contributed by atoms with van der Waals surface area (Å²) in [6.07, 6.45) is 3.89. The normalized spacial score (nSPS) is 11.9. The minimum atomic E-state index is -3.35. The molecule has 0 saturated heterocycles. The van der Waals surface area contributed by atoms with Crippen LogP contribution in [0.2, 0.25) is 0 Å². The molecule has 0 atom stereocenters. The van der Waals surface area contributed by atoms with Crippen molar-refractivity contribution in [3.63, 3.8) is 0 Å². The smallest absolute Gasteiger partial charge is 0.276 e. The second-order valence-electron chi connectivity index (χ2n) is 3.49. The lowest BCUT2D eigenvalue weighted by molar-refractivity contribution is 0.204. The molecule has 0 aromatic heterocycles. The molecule has 0 fully saturated rings. The lowest BCUT2D eigenvalue weighted by Crippen LogP contribution is -2.38. The van der Waals surface area contributed by atoms with Gasteiger partial charge in [-0.15, -0.1) is 0 Å². The summed E-state index contributed by atoms with van der Waals surface area (Å²) in [5, 5.41) is 0. The van der Waals surface area contributed by atoms with E-state index in [2.05, 4.69) is 9.44 Å². The molecule has 0 radical (unpaired) electrons. The Morgan fingerprint density at radius 1 is 1.06 bits per heavy atom. The average Bonchev–Trinajstić information content (AvgIpc) is 2.23. The molecular formula is C9H23N3O3S. The summed E-state index contributed by atoms with van der Waals surface area (Å²) >= 11 is 0. The molecule has 0 aliphatic carbocycles. The molecule has 0 aromatic rings. The van der Waals surface area contributed by atoms with E-state index in [9.17, 15) is 8.42 Å². The Balaban J connectivity index is 3.43. The summed E-state index contributed by atoms with van der Waals surface area (Å²) in [5.41, 5.74) is 5.35. The summed E-state index contributed by atoms with van der Waals surface area (Å²) in [4.78, 5) is 0. The minimum Gasteiger partial charge on any atom is -0.383 e. The van der Waals surface area contributed by atoms with E-state index < -0.39 is 10.2 Å². The van der Waals surface area contributed by atoms with Crippen LogP contribution in [0.15, 0.2) is 0 Å². The summed E-state index contributed by atoms with van der Waals surface area (Å²) in [6.45, 7) is 1.83. The monoisotopic (exact) mass is 253 g/mol. The van der Waals surface area contributed by atoms with Gasteiger partial charge in [-0.25, -0.2) is 4.72 Å². The molecule has 0 aliphatic rings. The Morgan fingerprint density at radius 2 is 1.69 bits per heavy atom. The molecule has 0 heterocycles. The van der Waals surface area contributed by atoms with Crippen LogP contribution < -0.4 is 15.2 Å². The maximum absolute atomic E-state index is 11.3. The lowest BCUT2D eigenvalue weighted by atomic mass is 10.2. The number of methoxy groups -OCH3 is 1. The highest BCUT2D eigenvalue weighted by atomic mass is 32.2. The third-order valence-electron chi connectivity index (χ3n) is 2.02. The number of rotatable bonds is 11. The maximum Gasteiger partial charge on any atom is 0.276 e. The molecule has 0 bridgehead atoms. The summed E-state index contributed by atoms with van der Waals surface area (Å²) < 4.78 is 32.2. The van der Waals surface area contributed by atoms with Gasteiger partial charge in [0.05, 0.1) is 6.61 Å². The van der Waals surface area contributed by atoms with Gasteiger partial charge in [-0.3, -0.25) is 0 Å². The Morgan fingerprint density at radius 3 is 2.31 bits per heavy atom. The van der Waals surface area contributed by atoms with Gasteiger partial charge in [0.25, 0.3) is 10.2 Å². The van der Waals surface area contributed by atoms with Crippen LogP contribution in [-0.4, -0.2) is 41.8 Å². The number of ether oxygens (including phenoxy) is 1. The molecule has 98 valence electrons. The van der Waals surface area contributed by atoms with Gasteiger partial charge in [0.2, 0.25) is 0 Å². The van der Waals surface area contributed by atoms with Crippen molar-refractivity contribution in [1.29, 1.82) is 0 Å². The molecule has 6 nitrogen and oxygen atoms in total. The van der Waals surface area contributed by atoms with E-state index in [0.29, 0.717) is 26.2 Å². The maximum atomic E-state index is 11.3. The molecule has 0 aromatic carbocycles. The molecular weight excluding hydrogens is 230 g/mol. The second-order valence-corrected chi connectivity index (χ2v) is 5.07. The fourth-order valence-corrected chi connectivity index (χ4v) is 2.03. The Hall–Kier alpha value is -0.210. The average molecular weight is 253 g/mol. The molecule has 4 N–H and O–H groups in total. The molecule has 0 aliphatic heterocycles. The molecule has 0 rings (SSSR count). The highest BCUT2D eigenvalue weighted by Gasteiger charge is 2.06. The van der Waals surface area contributed by atoms with Gasteiger partial charge in [-0.05, 0) is 19.4 Å². The lowest BCUT2D eigenvalue weighted by Gasteiger charge is -2.07. The van der Waals surface area contributed by atoms with E-state index in [4.69, 9.17) is 10.5 Å². The first-order valence-electron chi connectivity index (χ1n) is 5.55. The zero-order valence-electron chi connectivity index (χ0n) is 9.87. The largest absolute Gasteiger partial charge is 0.383 e. The number of hydrogen-bond acceptors (Lipinski definition) is 4. The number of nitrogens with two attached hydrogens (primary N) is 1. The van der Waals surface area contributed by atoms with Crippen molar-refractivity contribution < 1.29 is 13.2 Å². The fraction of sp³-hybridized carbons (Fsp3) is 1.00. The number of hydrogen-bond donors (Lipinski definition) is 3. The van der Waals surface area contributed by atoms with Gasteiger partial charge in [-0.1, -0.05) is 12.8 Å². The Kier molecular flexibility index (Phi) is 9.85. The van der Waals surface area contributed by atoms with E-state index in [1.807, 2.05) is 0 Å². The van der Waals surface area contributed by atoms with Crippen LogP contribution in [0.5, 0.6) is 0 Å². The zero-order chi connectivity index (χ0) is 12.3. The topological polar surface area (TPSA) is 93.4 Å². The van der Waals surface area contributed by atoms with Gasteiger partial charge in [0.15, 0.2) is 0 Å². The van der Waals surface area contributed by atoms with Crippen molar-refractivity contribution in [3.05, 3.63) is 0 Å². The van der Waals surface area contributed by atoms with E-state index in [0.717, 1.165) is 25.7 Å². The van der Waals surface area contributed by atoms with Crippen molar-refractivity contribution in [2.75, 3.05) is 33.4 Å². The fourth-order valence-electron chi connectivity index (χ4n) is 1.16. The van der Waals surface area contributed by atoms with Crippen LogP contribution >= 0.6 is 0 Å². The quantitative estimate of drug-likeness (QED) is 0.436. The van der Waals surface area contributed by atoms with Crippen molar-refractivity contribution >= 4 is 10.2 Å². The third-order valence-corrected chi connectivity index (χ3v) is 3.19. The molecule has 0 saturated carbocycles. The van der Waals surface area contributed by atoms with Gasteiger partial charge in [0.1, 0.15) is 0 Å². The van der Waals surface area contributed by atoms with Gasteiger partial charge < -0.3 is 10.5 Å². The summed E-state index contributed by atoms with van der Waals surface area (Å²) in [6, 6.07) is 0. The van der Waals surface area contributed by atoms with Crippen LogP contribution in [0, 0.1) is 0 Å². The molecule has 0 unspecified atom stereocenters. The molecule has 16 heavy (non-hydrogen) atoms. The standard InChI is InChI=1S/C9H23N3O3S/c1-15-9-8-12-16(13,14)11-7-5-3-2-4-6-10/h11-12H,2-10H2,1H3. The predicted molar refractivity (Wildman–Crippen MR) is 64.3 cm³/mol. The summed E-state index contributed by atoms with van der Waals surface area (Å²) in [5.74, 6) is 0. The van der Waals surface area contributed by atoms with Gasteiger partial charge in [-0.2, -0.15) is 13.1 Å². The van der Waals surface area contributed by atoms with Gasteiger partial charge >= 0.3 is 0 Å². The first-order valence-corrected chi connectivity index (χ1v) is 7.04. The second kappa shape index (κ2) is 9.98. The van der Waals surface area contributed by atoms with Crippen LogP contribution in [0.4, 0.5) is 0 Å². The van der Waals surface area contributed by atoms with E-state index in [1.165, 1.54) is 7.11 Å². The van der Waals surface area contributed by atoms with Crippen molar-refractivity contribution in [3.8, 4) is 0 Å². The van der Waals surface area contributed by atoms with Crippen molar-refractivity contribution in [1.82, 2.24) is 9.44 Å². The predicted octanol–water partition coefficient (Wildman–Crippen LogP) is -0.424. The van der Waals surface area contributed by atoms with E-state index >= 15 is 0 Å². The van der Waals surface area contributed by atoms with Crippen molar-refractivity contribution in [2.24, 2.45) is 5.73 Å². The zero-order valence-corrected chi connectivity index (χ0v) is 10.7. The SMILES string of the molecule is COCCNS(=O)(=O)NCCCCCCN. The molecule has 0 spiro atoms. The van der Waals surface area contributed by atoms with E-state index in [1.54, 1.807) is 0 Å². The van der Waals surface area contributed by atoms with Crippen LogP contribution in [-0.2, 0) is 14.9 Å². The highest BCUT2D eigenvalue weighted by Crippen LogP contribution is 1.97. The highest BCUT2D eigenvalue weighted by molar-refractivity contribution is 7.87. The minimum absolute atomic E-state index is 0.291. The summed E-state index contributed by atoms with van der Waals surface area (Å²) in [7, 11) is -1.82. The number of nitrogens with one attached hydrogen (secondary N) is 2. The van der Waals surface area contributed by atoms with Gasteiger partial charge in [0, 0.05) is 20.2 Å². The Bertz CT molecular complexity index is 244. The third kappa shape index (κ3) is 10.3. The molecule has 0 amide bonds. The first-order chi connectivity index (χ1) is 7.62. The van der Waals surface area contributed by atoms with Crippen molar-refractivity contribution in [2.45, 2.75) is 25.7 Å². The van der Waals surface area contributed by atoms with E-state index in [-0.39, 0.29) is 0 Å². The molecule has 7 heteroatoms. The van der Waals surface area contributed by atoms with Crippen LogP contribution in [0.25, 0.3) is 0 Å². The number of unbranched alkanes of at least 4 members (excludes halogenated alkanes) is 3. The van der Waals surface area contributed by atoms with Crippen LogP contribution in [0.1, 0.15) is 25.7 Å². The Labute approximate surface area is 98.1 Å².